The number of halogens is 1. The number of hydrogen-bond acceptors (Lipinski definition) is 6. The number of nitrogens with zero attached hydrogens (tertiary/aromatic N) is 2. The molecule has 0 N–H and O–H groups in total. The van der Waals surface area contributed by atoms with Crippen LogP contribution in [0.5, 0.6) is 11.5 Å². The van der Waals surface area contributed by atoms with Gasteiger partial charge in [-0.15, -0.1) is 0 Å². The summed E-state index contributed by atoms with van der Waals surface area (Å²) in [5.41, 5.74) is 1.27. The molecule has 1 aliphatic heterocycles. The van der Waals surface area contributed by atoms with Gasteiger partial charge in [0.25, 0.3) is 5.91 Å². The Morgan fingerprint density at radius 1 is 1.00 bits per heavy atom. The number of methoxy groups -OCH3 is 2. The second-order valence-electron chi connectivity index (χ2n) is 7.08. The lowest BCUT2D eigenvalue weighted by molar-refractivity contribution is -0.150. The van der Waals surface area contributed by atoms with Crippen LogP contribution in [0.2, 0.25) is 5.02 Å². The van der Waals surface area contributed by atoms with E-state index in [1.54, 1.807) is 42.2 Å². The minimum absolute atomic E-state index is 0.130. The molecule has 1 atom stereocenters. The zero-order valence-electron chi connectivity index (χ0n) is 18.0. The largest absolute Gasteiger partial charge is 0.493 e. The number of amides is 1. The van der Waals surface area contributed by atoms with Gasteiger partial charge in [-0.2, -0.15) is 0 Å². The van der Waals surface area contributed by atoms with Crippen LogP contribution in [-0.4, -0.2) is 68.7 Å². The molecule has 1 amide bonds. The van der Waals surface area contributed by atoms with Crippen LogP contribution in [0.4, 0.5) is 0 Å². The first-order chi connectivity index (χ1) is 15.0. The highest BCUT2D eigenvalue weighted by Crippen LogP contribution is 2.32. The van der Waals surface area contributed by atoms with Gasteiger partial charge in [0.05, 0.1) is 26.4 Å². The van der Waals surface area contributed by atoms with Crippen molar-refractivity contribution >= 4 is 23.5 Å². The van der Waals surface area contributed by atoms with Gasteiger partial charge in [-0.05, 0) is 36.8 Å². The molecule has 0 radical (unpaired) electrons. The number of carbonyl (C=O) groups is 2. The highest BCUT2D eigenvalue weighted by atomic mass is 35.5. The third-order valence-corrected chi connectivity index (χ3v) is 5.55. The predicted octanol–water partition coefficient (Wildman–Crippen LogP) is 3.42. The zero-order valence-corrected chi connectivity index (χ0v) is 18.7. The maximum atomic E-state index is 13.1. The van der Waals surface area contributed by atoms with E-state index < -0.39 is 6.04 Å². The van der Waals surface area contributed by atoms with Gasteiger partial charge in [-0.3, -0.25) is 9.69 Å². The summed E-state index contributed by atoms with van der Waals surface area (Å²) in [5.74, 6) is 0.494. The molecule has 8 heteroatoms. The summed E-state index contributed by atoms with van der Waals surface area (Å²) in [5, 5.41) is 0.606. The Morgan fingerprint density at radius 2 is 1.68 bits per heavy atom. The van der Waals surface area contributed by atoms with E-state index in [0.29, 0.717) is 54.9 Å². The zero-order chi connectivity index (χ0) is 22.4. The van der Waals surface area contributed by atoms with Gasteiger partial charge >= 0.3 is 5.97 Å². The first-order valence-corrected chi connectivity index (χ1v) is 10.5. The second-order valence-corrected chi connectivity index (χ2v) is 7.51. The molecule has 1 heterocycles. The topological polar surface area (TPSA) is 68.3 Å². The lowest BCUT2D eigenvalue weighted by atomic mass is 10.0. The first kappa shape index (κ1) is 22.9. The Kier molecular flexibility index (Phi) is 7.76. The quantitative estimate of drug-likeness (QED) is 0.607. The summed E-state index contributed by atoms with van der Waals surface area (Å²) >= 11 is 6.01. The van der Waals surface area contributed by atoms with Gasteiger partial charge in [-0.25, -0.2) is 4.79 Å². The Bertz CT molecular complexity index is 911. The summed E-state index contributed by atoms with van der Waals surface area (Å²) in [6, 6.07) is 11.9. The van der Waals surface area contributed by atoms with E-state index in [-0.39, 0.29) is 11.9 Å². The van der Waals surface area contributed by atoms with Crippen molar-refractivity contribution in [3.8, 4) is 11.5 Å². The van der Waals surface area contributed by atoms with Crippen LogP contribution in [0, 0.1) is 0 Å². The van der Waals surface area contributed by atoms with Crippen LogP contribution in [0.15, 0.2) is 42.5 Å². The molecule has 7 nitrogen and oxygen atoms in total. The number of ether oxygens (including phenoxy) is 3. The molecule has 0 spiro atoms. The third kappa shape index (κ3) is 5.11. The van der Waals surface area contributed by atoms with Crippen LogP contribution in [-0.2, 0) is 9.53 Å². The lowest BCUT2D eigenvalue weighted by Crippen LogP contribution is -2.51. The molecule has 1 saturated heterocycles. The van der Waals surface area contributed by atoms with Crippen LogP contribution >= 0.6 is 11.6 Å². The maximum Gasteiger partial charge on any atom is 0.328 e. The highest BCUT2D eigenvalue weighted by molar-refractivity contribution is 6.30. The standard InChI is InChI=1S/C23H27ClN2O5/c1-4-31-23(28)20(16-8-10-17(24)11-9-16)25-12-14-26(15-13-25)22(27)18-6-5-7-19(29-2)21(18)30-3/h5-11,20H,4,12-15H2,1-3H3. The molecule has 166 valence electrons. The number of piperazine rings is 1. The summed E-state index contributed by atoms with van der Waals surface area (Å²) in [6.45, 7) is 4.10. The molecule has 2 aromatic rings. The van der Waals surface area contributed by atoms with Crippen molar-refractivity contribution in [2.45, 2.75) is 13.0 Å². The van der Waals surface area contributed by atoms with E-state index in [1.807, 2.05) is 17.0 Å². The number of hydrogen-bond donors (Lipinski definition) is 0. The van der Waals surface area contributed by atoms with E-state index in [4.69, 9.17) is 25.8 Å². The Balaban J connectivity index is 1.75. The monoisotopic (exact) mass is 446 g/mol. The normalized spacial score (nSPS) is 15.3. The summed E-state index contributed by atoms with van der Waals surface area (Å²) in [6.07, 6.45) is 0. The molecule has 0 bridgehead atoms. The molecule has 0 aliphatic carbocycles. The highest BCUT2D eigenvalue weighted by Gasteiger charge is 2.33. The maximum absolute atomic E-state index is 13.1. The smallest absolute Gasteiger partial charge is 0.328 e. The predicted molar refractivity (Wildman–Crippen MR) is 118 cm³/mol. The number of esters is 1. The summed E-state index contributed by atoms with van der Waals surface area (Å²) in [7, 11) is 3.06. The number of carbonyl (C=O) groups excluding carboxylic acids is 2. The molecular formula is C23H27ClN2O5. The van der Waals surface area contributed by atoms with E-state index in [9.17, 15) is 9.59 Å². The molecule has 0 aromatic heterocycles. The Hall–Kier alpha value is -2.77. The van der Waals surface area contributed by atoms with Gasteiger partial charge < -0.3 is 19.1 Å². The van der Waals surface area contributed by atoms with Crippen molar-refractivity contribution in [1.29, 1.82) is 0 Å². The SMILES string of the molecule is CCOC(=O)C(c1ccc(Cl)cc1)N1CCN(C(=O)c2cccc(OC)c2OC)CC1. The van der Waals surface area contributed by atoms with Crippen molar-refractivity contribution in [1.82, 2.24) is 9.80 Å². The number of benzene rings is 2. The summed E-state index contributed by atoms with van der Waals surface area (Å²) in [4.78, 5) is 29.6. The van der Waals surface area contributed by atoms with Crippen molar-refractivity contribution < 1.29 is 23.8 Å². The van der Waals surface area contributed by atoms with Crippen LogP contribution in [0.25, 0.3) is 0 Å². The third-order valence-electron chi connectivity index (χ3n) is 5.30. The minimum atomic E-state index is -0.541. The van der Waals surface area contributed by atoms with Crippen LogP contribution in [0.3, 0.4) is 0 Å². The average Bonchev–Trinajstić information content (AvgIpc) is 2.80. The lowest BCUT2D eigenvalue weighted by Gasteiger charge is -2.38. The second kappa shape index (κ2) is 10.5. The van der Waals surface area contributed by atoms with Gasteiger partial charge in [0, 0.05) is 31.2 Å². The fourth-order valence-corrected chi connectivity index (χ4v) is 3.90. The van der Waals surface area contributed by atoms with E-state index in [2.05, 4.69) is 0 Å². The molecule has 1 unspecified atom stereocenters. The van der Waals surface area contributed by atoms with Crippen molar-refractivity contribution in [2.75, 3.05) is 47.0 Å². The summed E-state index contributed by atoms with van der Waals surface area (Å²) < 4.78 is 16.0. The molecular weight excluding hydrogens is 420 g/mol. The minimum Gasteiger partial charge on any atom is -0.493 e. The first-order valence-electron chi connectivity index (χ1n) is 10.2. The number of rotatable bonds is 7. The van der Waals surface area contributed by atoms with Crippen molar-refractivity contribution in [3.05, 3.63) is 58.6 Å². The molecule has 2 aromatic carbocycles. The molecule has 0 saturated carbocycles. The molecule has 31 heavy (non-hydrogen) atoms. The van der Waals surface area contributed by atoms with E-state index >= 15 is 0 Å². The average molecular weight is 447 g/mol. The fourth-order valence-electron chi connectivity index (χ4n) is 3.77. The van der Waals surface area contributed by atoms with E-state index in [0.717, 1.165) is 5.56 Å². The van der Waals surface area contributed by atoms with Crippen LogP contribution in [0.1, 0.15) is 28.9 Å². The molecule has 1 aliphatic rings. The fraction of sp³-hybridized carbons (Fsp3) is 0.391. The van der Waals surface area contributed by atoms with Crippen molar-refractivity contribution in [3.63, 3.8) is 0 Å². The van der Waals surface area contributed by atoms with Gasteiger partial charge in [-0.1, -0.05) is 29.8 Å². The Labute approximate surface area is 187 Å². The molecule has 3 rings (SSSR count). The van der Waals surface area contributed by atoms with Gasteiger partial charge in [0.15, 0.2) is 11.5 Å². The molecule has 1 fully saturated rings. The van der Waals surface area contributed by atoms with Gasteiger partial charge in [0.2, 0.25) is 0 Å². The van der Waals surface area contributed by atoms with Crippen LogP contribution < -0.4 is 9.47 Å². The van der Waals surface area contributed by atoms with Crippen molar-refractivity contribution in [2.24, 2.45) is 0 Å². The number of para-hydroxylation sites is 1. The van der Waals surface area contributed by atoms with E-state index in [1.165, 1.54) is 14.2 Å². The van der Waals surface area contributed by atoms with Gasteiger partial charge in [0.1, 0.15) is 6.04 Å². The Morgan fingerprint density at radius 3 is 2.26 bits per heavy atom.